The monoisotopic (exact) mass is 293 g/mol. The van der Waals surface area contributed by atoms with Crippen LogP contribution in [0.3, 0.4) is 0 Å². The van der Waals surface area contributed by atoms with Crippen molar-refractivity contribution in [2.24, 2.45) is 10.9 Å². The summed E-state index contributed by atoms with van der Waals surface area (Å²) in [5, 5.41) is 22.6. The third-order valence-corrected chi connectivity index (χ3v) is 3.81. The molecule has 0 aliphatic heterocycles. The third-order valence-electron chi connectivity index (χ3n) is 3.81. The molecule has 21 heavy (non-hydrogen) atoms. The van der Waals surface area contributed by atoms with Gasteiger partial charge in [-0.3, -0.25) is 10.1 Å². The second kappa shape index (κ2) is 6.38. The topological polar surface area (TPSA) is 118 Å². The summed E-state index contributed by atoms with van der Waals surface area (Å²) in [5.41, 5.74) is 5.14. The average molecular weight is 293 g/mol. The van der Waals surface area contributed by atoms with Gasteiger partial charge in [-0.05, 0) is 25.8 Å². The zero-order chi connectivity index (χ0) is 15.4. The predicted octanol–water partition coefficient (Wildman–Crippen LogP) is 1.85. The van der Waals surface area contributed by atoms with Gasteiger partial charge in [0.25, 0.3) is 5.69 Å². The summed E-state index contributed by atoms with van der Waals surface area (Å²) in [6.07, 6.45) is 4.54. The molecule has 1 aromatic rings. The number of aromatic nitrogens is 1. The van der Waals surface area contributed by atoms with Crippen LogP contribution >= 0.6 is 0 Å². The smallest absolute Gasteiger partial charge is 0.298 e. The molecule has 1 saturated carbocycles. The second-order valence-electron chi connectivity index (χ2n) is 5.00. The van der Waals surface area contributed by atoms with Gasteiger partial charge in [-0.2, -0.15) is 0 Å². The van der Waals surface area contributed by atoms with Crippen molar-refractivity contribution in [3.05, 3.63) is 27.9 Å². The van der Waals surface area contributed by atoms with Gasteiger partial charge >= 0.3 is 0 Å². The normalized spacial score (nSPS) is 16.1. The van der Waals surface area contributed by atoms with Crippen molar-refractivity contribution in [1.29, 1.82) is 0 Å². The quantitative estimate of drug-likeness (QED) is 0.281. The third kappa shape index (κ3) is 3.04. The van der Waals surface area contributed by atoms with Crippen LogP contribution in [0, 0.1) is 10.1 Å². The number of amidine groups is 1. The maximum absolute atomic E-state index is 11.0. The van der Waals surface area contributed by atoms with Crippen molar-refractivity contribution in [2.75, 3.05) is 11.4 Å². The molecule has 1 heterocycles. The van der Waals surface area contributed by atoms with Gasteiger partial charge in [0.1, 0.15) is 5.82 Å². The van der Waals surface area contributed by atoms with Gasteiger partial charge < -0.3 is 15.8 Å². The summed E-state index contributed by atoms with van der Waals surface area (Å²) < 4.78 is 0. The highest BCUT2D eigenvalue weighted by Crippen LogP contribution is 2.28. The Morgan fingerprint density at radius 2 is 2.24 bits per heavy atom. The summed E-state index contributed by atoms with van der Waals surface area (Å²) in [5.74, 6) is 0.266. The molecule has 1 aromatic heterocycles. The Kier molecular flexibility index (Phi) is 4.56. The Morgan fingerprint density at radius 3 is 2.76 bits per heavy atom. The molecule has 0 radical (unpaired) electrons. The van der Waals surface area contributed by atoms with Crippen LogP contribution < -0.4 is 10.6 Å². The fourth-order valence-corrected chi connectivity index (χ4v) is 2.81. The number of nitro groups is 1. The fraction of sp³-hybridized carbons (Fsp3) is 0.538. The van der Waals surface area contributed by atoms with E-state index in [9.17, 15) is 10.1 Å². The molecule has 0 spiro atoms. The number of oxime groups is 1. The Hall–Kier alpha value is -2.38. The van der Waals surface area contributed by atoms with Gasteiger partial charge in [-0.15, -0.1) is 0 Å². The molecule has 1 fully saturated rings. The Labute approximate surface area is 122 Å². The van der Waals surface area contributed by atoms with Crippen molar-refractivity contribution in [2.45, 2.75) is 38.6 Å². The molecule has 0 bridgehead atoms. The highest BCUT2D eigenvalue weighted by Gasteiger charge is 2.26. The first-order valence-electron chi connectivity index (χ1n) is 6.98. The number of anilines is 1. The van der Waals surface area contributed by atoms with Gasteiger partial charge in [-0.1, -0.05) is 18.0 Å². The zero-order valence-electron chi connectivity index (χ0n) is 11.9. The van der Waals surface area contributed by atoms with E-state index in [0.717, 1.165) is 19.4 Å². The van der Waals surface area contributed by atoms with Gasteiger partial charge in [-0.25, -0.2) is 4.98 Å². The number of rotatable bonds is 5. The van der Waals surface area contributed by atoms with Crippen molar-refractivity contribution in [3.63, 3.8) is 0 Å². The minimum atomic E-state index is -0.587. The summed E-state index contributed by atoms with van der Waals surface area (Å²) in [7, 11) is 0. The number of nitrogens with zero attached hydrogens (tertiary/aromatic N) is 4. The fourth-order valence-electron chi connectivity index (χ4n) is 2.81. The van der Waals surface area contributed by atoms with E-state index in [2.05, 4.69) is 15.0 Å². The van der Waals surface area contributed by atoms with Crippen LogP contribution in [0.25, 0.3) is 0 Å². The van der Waals surface area contributed by atoms with E-state index < -0.39 is 4.92 Å². The SMILES string of the molecule is CCN(c1ccc([N+](=O)[O-])c(/C(N)=N/O)n1)C1CCCC1. The van der Waals surface area contributed by atoms with Crippen LogP contribution in [0.1, 0.15) is 38.3 Å². The van der Waals surface area contributed by atoms with Crippen LogP contribution in [-0.2, 0) is 0 Å². The molecule has 1 aliphatic carbocycles. The lowest BCUT2D eigenvalue weighted by Crippen LogP contribution is -2.34. The lowest BCUT2D eigenvalue weighted by atomic mass is 10.2. The minimum absolute atomic E-state index is 0.101. The lowest BCUT2D eigenvalue weighted by Gasteiger charge is -2.28. The van der Waals surface area contributed by atoms with Crippen molar-refractivity contribution >= 4 is 17.3 Å². The van der Waals surface area contributed by atoms with Gasteiger partial charge in [0.15, 0.2) is 11.5 Å². The van der Waals surface area contributed by atoms with Gasteiger partial charge in [0.05, 0.1) is 4.92 Å². The van der Waals surface area contributed by atoms with Crippen molar-refractivity contribution in [1.82, 2.24) is 4.98 Å². The van der Waals surface area contributed by atoms with Crippen LogP contribution in [0.2, 0.25) is 0 Å². The molecule has 0 unspecified atom stereocenters. The molecular weight excluding hydrogens is 274 g/mol. The maximum atomic E-state index is 11.0. The van der Waals surface area contributed by atoms with E-state index in [1.807, 2.05) is 6.92 Å². The first kappa shape index (κ1) is 15.0. The number of hydrogen-bond acceptors (Lipinski definition) is 6. The lowest BCUT2D eigenvalue weighted by molar-refractivity contribution is -0.385. The van der Waals surface area contributed by atoms with Crippen LogP contribution in [0.15, 0.2) is 17.3 Å². The molecule has 2 rings (SSSR count). The number of hydrogen-bond donors (Lipinski definition) is 2. The predicted molar refractivity (Wildman–Crippen MR) is 78.7 cm³/mol. The number of pyridine rings is 1. The van der Waals surface area contributed by atoms with Crippen LogP contribution in [0.5, 0.6) is 0 Å². The van der Waals surface area contributed by atoms with Gasteiger partial charge in [0.2, 0.25) is 0 Å². The van der Waals surface area contributed by atoms with Crippen molar-refractivity contribution < 1.29 is 10.1 Å². The molecule has 0 atom stereocenters. The number of nitrogens with two attached hydrogens (primary N) is 1. The molecule has 8 nitrogen and oxygen atoms in total. The minimum Gasteiger partial charge on any atom is -0.409 e. The molecule has 114 valence electrons. The van der Waals surface area contributed by atoms with E-state index in [-0.39, 0.29) is 17.2 Å². The van der Waals surface area contributed by atoms with E-state index in [4.69, 9.17) is 10.9 Å². The summed E-state index contributed by atoms with van der Waals surface area (Å²) in [6.45, 7) is 2.77. The first-order chi connectivity index (χ1) is 10.1. The molecular formula is C13H19N5O3. The van der Waals surface area contributed by atoms with E-state index >= 15 is 0 Å². The molecule has 1 aliphatic rings. The largest absolute Gasteiger partial charge is 0.409 e. The molecule has 8 heteroatoms. The highest BCUT2D eigenvalue weighted by atomic mass is 16.6. The summed E-state index contributed by atoms with van der Waals surface area (Å²) in [4.78, 5) is 16.8. The Morgan fingerprint density at radius 1 is 1.57 bits per heavy atom. The first-order valence-corrected chi connectivity index (χ1v) is 6.98. The van der Waals surface area contributed by atoms with Crippen LogP contribution in [-0.4, -0.2) is 33.5 Å². The molecule has 0 aromatic carbocycles. The highest BCUT2D eigenvalue weighted by molar-refractivity contribution is 5.99. The van der Waals surface area contributed by atoms with E-state index in [1.54, 1.807) is 6.07 Å². The second-order valence-corrected chi connectivity index (χ2v) is 5.00. The van der Waals surface area contributed by atoms with E-state index in [0.29, 0.717) is 11.9 Å². The summed E-state index contributed by atoms with van der Waals surface area (Å²) >= 11 is 0. The van der Waals surface area contributed by atoms with Crippen molar-refractivity contribution in [3.8, 4) is 0 Å². The van der Waals surface area contributed by atoms with Crippen LogP contribution in [0.4, 0.5) is 11.5 Å². The standard InChI is InChI=1S/C13H19N5O3/c1-2-17(9-5-3-4-6-9)11-8-7-10(18(20)21)12(15-11)13(14)16-19/h7-9,19H,2-6H2,1H3,(H2,14,16). The Bertz CT molecular complexity index is 555. The van der Waals surface area contributed by atoms with Gasteiger partial charge in [0, 0.05) is 18.7 Å². The Balaban J connectivity index is 2.42. The average Bonchev–Trinajstić information content (AvgIpc) is 3.01. The molecule has 0 amide bonds. The molecule has 3 N–H and O–H groups in total. The maximum Gasteiger partial charge on any atom is 0.298 e. The summed E-state index contributed by atoms with van der Waals surface area (Å²) in [6, 6.07) is 3.37. The van der Waals surface area contributed by atoms with E-state index in [1.165, 1.54) is 18.9 Å². The zero-order valence-corrected chi connectivity index (χ0v) is 11.9. The molecule has 0 saturated heterocycles.